The summed E-state index contributed by atoms with van der Waals surface area (Å²) in [6.07, 6.45) is 0.417. The number of benzene rings is 2. The fraction of sp³-hybridized carbons (Fsp3) is 0.0714. The Kier molecular flexibility index (Phi) is 3.19. The highest BCUT2D eigenvalue weighted by Gasteiger charge is 2.15. The Morgan fingerprint density at radius 3 is 2.41 bits per heavy atom. The molecule has 86 valence electrons. The SMILES string of the molecule is O=C(O)c1c(F)cccc1Cc1ccccc1. The van der Waals surface area contributed by atoms with Gasteiger partial charge >= 0.3 is 5.97 Å². The Morgan fingerprint density at radius 2 is 1.76 bits per heavy atom. The van der Waals surface area contributed by atoms with Gasteiger partial charge in [0.2, 0.25) is 0 Å². The van der Waals surface area contributed by atoms with Crippen LogP contribution in [-0.4, -0.2) is 11.1 Å². The fourth-order valence-corrected chi connectivity index (χ4v) is 1.77. The van der Waals surface area contributed by atoms with Gasteiger partial charge in [0.05, 0.1) is 5.56 Å². The first kappa shape index (κ1) is 11.3. The van der Waals surface area contributed by atoms with Crippen molar-refractivity contribution in [1.82, 2.24) is 0 Å². The number of carbonyl (C=O) groups is 1. The second-order valence-corrected chi connectivity index (χ2v) is 3.74. The van der Waals surface area contributed by atoms with Crippen LogP contribution < -0.4 is 0 Å². The largest absolute Gasteiger partial charge is 0.478 e. The van der Waals surface area contributed by atoms with Crippen LogP contribution in [0.3, 0.4) is 0 Å². The van der Waals surface area contributed by atoms with Crippen molar-refractivity contribution in [3.05, 3.63) is 71.0 Å². The summed E-state index contributed by atoms with van der Waals surface area (Å²) in [5.41, 5.74) is 1.21. The summed E-state index contributed by atoms with van der Waals surface area (Å²) < 4.78 is 13.4. The zero-order valence-electron chi connectivity index (χ0n) is 9.06. The third kappa shape index (κ3) is 2.50. The van der Waals surface area contributed by atoms with Gasteiger partial charge in [-0.15, -0.1) is 0 Å². The smallest absolute Gasteiger partial charge is 0.338 e. The Balaban J connectivity index is 2.40. The zero-order chi connectivity index (χ0) is 12.3. The van der Waals surface area contributed by atoms with E-state index in [0.717, 1.165) is 11.6 Å². The van der Waals surface area contributed by atoms with Crippen LogP contribution in [0.5, 0.6) is 0 Å². The molecule has 0 unspecified atom stereocenters. The highest BCUT2D eigenvalue weighted by Crippen LogP contribution is 2.17. The second kappa shape index (κ2) is 4.78. The molecule has 2 aromatic rings. The summed E-state index contributed by atoms with van der Waals surface area (Å²) in [6.45, 7) is 0. The maximum absolute atomic E-state index is 13.4. The molecule has 0 aromatic heterocycles. The van der Waals surface area contributed by atoms with Gasteiger partial charge in [-0.25, -0.2) is 9.18 Å². The molecule has 0 bridgehead atoms. The standard InChI is InChI=1S/C14H11FO2/c15-12-8-4-7-11(13(12)14(16)17)9-10-5-2-1-3-6-10/h1-8H,9H2,(H,16,17). The van der Waals surface area contributed by atoms with E-state index < -0.39 is 11.8 Å². The number of aromatic carboxylic acids is 1. The molecular weight excluding hydrogens is 219 g/mol. The first-order valence-electron chi connectivity index (χ1n) is 5.23. The fourth-order valence-electron chi connectivity index (χ4n) is 1.77. The minimum absolute atomic E-state index is 0.239. The first-order chi connectivity index (χ1) is 8.18. The maximum Gasteiger partial charge on any atom is 0.338 e. The number of carboxylic acids is 1. The van der Waals surface area contributed by atoms with Crippen molar-refractivity contribution in [2.45, 2.75) is 6.42 Å². The summed E-state index contributed by atoms with van der Waals surface area (Å²) in [7, 11) is 0. The first-order valence-corrected chi connectivity index (χ1v) is 5.23. The lowest BCUT2D eigenvalue weighted by atomic mass is 9.99. The topological polar surface area (TPSA) is 37.3 Å². The highest BCUT2D eigenvalue weighted by molar-refractivity contribution is 5.89. The molecule has 2 rings (SSSR count). The Bertz CT molecular complexity index is 535. The van der Waals surface area contributed by atoms with Crippen molar-refractivity contribution >= 4 is 5.97 Å². The van der Waals surface area contributed by atoms with E-state index in [2.05, 4.69) is 0 Å². The van der Waals surface area contributed by atoms with Crippen LogP contribution in [-0.2, 0) is 6.42 Å². The number of hydrogen-bond donors (Lipinski definition) is 1. The molecule has 17 heavy (non-hydrogen) atoms. The van der Waals surface area contributed by atoms with Gasteiger partial charge in [-0.3, -0.25) is 0 Å². The van der Waals surface area contributed by atoms with E-state index in [1.54, 1.807) is 6.07 Å². The van der Waals surface area contributed by atoms with Gasteiger partial charge in [0.25, 0.3) is 0 Å². The van der Waals surface area contributed by atoms with Gasteiger partial charge in [0.1, 0.15) is 5.82 Å². The van der Waals surface area contributed by atoms with E-state index in [4.69, 9.17) is 5.11 Å². The molecule has 0 heterocycles. The van der Waals surface area contributed by atoms with E-state index >= 15 is 0 Å². The molecule has 0 aliphatic carbocycles. The van der Waals surface area contributed by atoms with E-state index in [1.807, 2.05) is 30.3 Å². The van der Waals surface area contributed by atoms with Crippen LogP contribution in [0.25, 0.3) is 0 Å². The van der Waals surface area contributed by atoms with Crippen LogP contribution in [0.2, 0.25) is 0 Å². The van der Waals surface area contributed by atoms with Crippen LogP contribution >= 0.6 is 0 Å². The zero-order valence-corrected chi connectivity index (χ0v) is 9.06. The summed E-state index contributed by atoms with van der Waals surface area (Å²) in [5.74, 6) is -1.92. The number of halogens is 1. The quantitative estimate of drug-likeness (QED) is 0.879. The molecule has 0 amide bonds. The highest BCUT2D eigenvalue weighted by atomic mass is 19.1. The summed E-state index contributed by atoms with van der Waals surface area (Å²) in [4.78, 5) is 11.0. The van der Waals surface area contributed by atoms with Crippen molar-refractivity contribution in [3.8, 4) is 0 Å². The predicted octanol–water partition coefficient (Wildman–Crippen LogP) is 3.11. The second-order valence-electron chi connectivity index (χ2n) is 3.74. The number of carboxylic acid groups (broad SMARTS) is 1. The molecule has 0 fully saturated rings. The summed E-state index contributed by atoms with van der Waals surface area (Å²) in [5, 5.41) is 8.98. The number of rotatable bonds is 3. The van der Waals surface area contributed by atoms with Crippen LogP contribution in [0.4, 0.5) is 4.39 Å². The molecular formula is C14H11FO2. The van der Waals surface area contributed by atoms with Crippen molar-refractivity contribution in [1.29, 1.82) is 0 Å². The van der Waals surface area contributed by atoms with Crippen molar-refractivity contribution in [2.24, 2.45) is 0 Å². The molecule has 1 N–H and O–H groups in total. The Hall–Kier alpha value is -2.16. The van der Waals surface area contributed by atoms with E-state index in [0.29, 0.717) is 12.0 Å². The normalized spacial score (nSPS) is 10.2. The minimum atomic E-state index is -1.23. The third-order valence-corrected chi connectivity index (χ3v) is 2.55. The lowest BCUT2D eigenvalue weighted by Crippen LogP contribution is -2.06. The summed E-state index contributed by atoms with van der Waals surface area (Å²) >= 11 is 0. The van der Waals surface area contributed by atoms with Crippen LogP contribution in [0.1, 0.15) is 21.5 Å². The van der Waals surface area contributed by atoms with E-state index in [-0.39, 0.29) is 5.56 Å². The van der Waals surface area contributed by atoms with Gasteiger partial charge in [-0.05, 0) is 23.6 Å². The Morgan fingerprint density at radius 1 is 1.06 bits per heavy atom. The van der Waals surface area contributed by atoms with Crippen molar-refractivity contribution in [3.63, 3.8) is 0 Å². The Labute approximate surface area is 98.3 Å². The summed E-state index contributed by atoms with van der Waals surface area (Å²) in [6, 6.07) is 13.7. The molecule has 0 radical (unpaired) electrons. The molecule has 2 aromatic carbocycles. The molecule has 0 aliphatic heterocycles. The molecule has 2 nitrogen and oxygen atoms in total. The van der Waals surface area contributed by atoms with Gasteiger partial charge in [-0.1, -0.05) is 42.5 Å². The lowest BCUT2D eigenvalue weighted by Gasteiger charge is -2.06. The molecule has 0 atom stereocenters. The van der Waals surface area contributed by atoms with Crippen LogP contribution in [0.15, 0.2) is 48.5 Å². The number of hydrogen-bond acceptors (Lipinski definition) is 1. The molecule has 0 saturated carbocycles. The van der Waals surface area contributed by atoms with Crippen LogP contribution in [0, 0.1) is 5.82 Å². The molecule has 3 heteroatoms. The molecule has 0 saturated heterocycles. The monoisotopic (exact) mass is 230 g/mol. The van der Waals surface area contributed by atoms with Gasteiger partial charge in [-0.2, -0.15) is 0 Å². The van der Waals surface area contributed by atoms with E-state index in [1.165, 1.54) is 6.07 Å². The van der Waals surface area contributed by atoms with Gasteiger partial charge in [0, 0.05) is 0 Å². The van der Waals surface area contributed by atoms with Crippen molar-refractivity contribution < 1.29 is 14.3 Å². The van der Waals surface area contributed by atoms with E-state index in [9.17, 15) is 9.18 Å². The predicted molar refractivity (Wildman–Crippen MR) is 62.6 cm³/mol. The average Bonchev–Trinajstić information content (AvgIpc) is 2.30. The molecule has 0 spiro atoms. The minimum Gasteiger partial charge on any atom is -0.478 e. The van der Waals surface area contributed by atoms with Gasteiger partial charge < -0.3 is 5.11 Å². The third-order valence-electron chi connectivity index (χ3n) is 2.55. The van der Waals surface area contributed by atoms with Gasteiger partial charge in [0.15, 0.2) is 0 Å². The average molecular weight is 230 g/mol. The maximum atomic E-state index is 13.4. The van der Waals surface area contributed by atoms with Crippen molar-refractivity contribution in [2.75, 3.05) is 0 Å². The lowest BCUT2D eigenvalue weighted by molar-refractivity contribution is 0.0691. The molecule has 0 aliphatic rings.